The van der Waals surface area contributed by atoms with E-state index in [1.165, 1.54) is 0 Å². The first-order valence-corrected chi connectivity index (χ1v) is 0.854. The van der Waals surface area contributed by atoms with Crippen LogP contribution in [0.2, 0.25) is 0 Å². The number of hydrogen-bond acceptors (Lipinski definition) is 0. The fourth-order valence-electron chi connectivity index (χ4n) is 0. The minimum atomic E-state index is 0. The molecule has 0 aliphatic rings. The summed E-state index contributed by atoms with van der Waals surface area (Å²) in [7, 11) is 0. The number of hydrogen-bond donors (Lipinski definition) is 0. The van der Waals surface area contributed by atoms with Gasteiger partial charge in [0, 0.05) is 0 Å². The first-order valence-electron chi connectivity index (χ1n) is 0.854. The van der Waals surface area contributed by atoms with Crippen LogP contribution in [0, 0.1) is 6.08 Å². The summed E-state index contributed by atoms with van der Waals surface area (Å²) >= 11 is 0. The SMILES string of the molecule is C=[C-]C.[Na+]. The van der Waals surface area contributed by atoms with E-state index in [9.17, 15) is 0 Å². The molecule has 0 fully saturated rings. The quantitative estimate of drug-likeness (QED) is 0.226. The fourth-order valence-corrected chi connectivity index (χ4v) is 0. The Balaban J connectivity index is 0. The second-order valence-electron chi connectivity index (χ2n) is 0.354. The van der Waals surface area contributed by atoms with Crippen molar-refractivity contribution in [2.45, 2.75) is 6.92 Å². The van der Waals surface area contributed by atoms with Gasteiger partial charge in [-0.1, -0.05) is 0 Å². The maximum atomic E-state index is 3.24. The molecule has 0 saturated heterocycles. The van der Waals surface area contributed by atoms with Gasteiger partial charge in [0.25, 0.3) is 0 Å². The van der Waals surface area contributed by atoms with Crippen molar-refractivity contribution in [3.8, 4) is 0 Å². The van der Waals surface area contributed by atoms with E-state index in [2.05, 4.69) is 12.7 Å². The Hall–Kier alpha value is 0.740. The average Bonchev–Trinajstić information content (AvgIpc) is 0.918. The summed E-state index contributed by atoms with van der Waals surface area (Å²) in [6, 6.07) is 0. The van der Waals surface area contributed by atoms with Crippen molar-refractivity contribution in [3.05, 3.63) is 12.7 Å². The van der Waals surface area contributed by atoms with Crippen molar-refractivity contribution in [1.29, 1.82) is 0 Å². The predicted molar refractivity (Wildman–Crippen MR) is 14.5 cm³/mol. The van der Waals surface area contributed by atoms with Crippen molar-refractivity contribution >= 4 is 0 Å². The molecular formula is C3H5Na. The zero-order valence-electron chi connectivity index (χ0n) is 3.21. The Bertz CT molecular complexity index is 10.8. The number of allylic oxidation sites excluding steroid dienone is 1. The standard InChI is InChI=1S/C3H5.Na/c1-3-2;/h1H2,2H3;/q-1;+1. The third kappa shape index (κ3) is 15.1. The van der Waals surface area contributed by atoms with Gasteiger partial charge in [0.05, 0.1) is 0 Å². The molecule has 0 saturated carbocycles. The molecular weight excluding hydrogens is 59.0 g/mol. The molecule has 0 heterocycles. The normalized spacial score (nSPS) is 3.25. The van der Waals surface area contributed by atoms with Crippen LogP contribution in [0.4, 0.5) is 0 Å². The molecule has 0 aliphatic carbocycles. The van der Waals surface area contributed by atoms with Crippen molar-refractivity contribution in [1.82, 2.24) is 0 Å². The molecule has 0 aromatic heterocycles. The van der Waals surface area contributed by atoms with Crippen molar-refractivity contribution in [2.75, 3.05) is 0 Å². The van der Waals surface area contributed by atoms with E-state index in [-0.39, 0.29) is 29.6 Å². The predicted octanol–water partition coefficient (Wildman–Crippen LogP) is -2.00. The van der Waals surface area contributed by atoms with Gasteiger partial charge in [0.15, 0.2) is 0 Å². The van der Waals surface area contributed by atoms with Crippen LogP contribution in [0.15, 0.2) is 6.58 Å². The first kappa shape index (κ1) is 8.83. The van der Waals surface area contributed by atoms with Crippen LogP contribution >= 0.6 is 0 Å². The molecule has 0 spiro atoms. The first-order chi connectivity index (χ1) is 1.41. The largest absolute Gasteiger partial charge is 1.00 e. The second kappa shape index (κ2) is 9.27. The van der Waals surface area contributed by atoms with Crippen LogP contribution in [0.1, 0.15) is 6.92 Å². The Kier molecular flexibility index (Phi) is 20.5. The molecule has 4 heavy (non-hydrogen) atoms. The summed E-state index contributed by atoms with van der Waals surface area (Å²) in [6.45, 7) is 5.00. The van der Waals surface area contributed by atoms with Crippen LogP contribution < -0.4 is 29.6 Å². The summed E-state index contributed by atoms with van der Waals surface area (Å²) in [5.74, 6) is 0. The van der Waals surface area contributed by atoms with Gasteiger partial charge in [0.1, 0.15) is 0 Å². The van der Waals surface area contributed by atoms with Crippen LogP contribution in [0.25, 0.3) is 0 Å². The van der Waals surface area contributed by atoms with Crippen LogP contribution in [0.5, 0.6) is 0 Å². The molecule has 0 rings (SSSR count). The molecule has 0 amide bonds. The second-order valence-corrected chi connectivity index (χ2v) is 0.354. The van der Waals surface area contributed by atoms with Gasteiger partial charge in [-0.15, -0.1) is 0 Å². The Morgan fingerprint density at radius 2 is 1.75 bits per heavy atom. The molecule has 0 aromatic carbocycles. The van der Waals surface area contributed by atoms with Crippen molar-refractivity contribution in [3.63, 3.8) is 0 Å². The van der Waals surface area contributed by atoms with Gasteiger partial charge < -0.3 is 6.08 Å². The molecule has 0 N–H and O–H groups in total. The maximum Gasteiger partial charge on any atom is 1.00 e. The third-order valence-corrected chi connectivity index (χ3v) is 0. The minimum absolute atomic E-state index is 0. The zero-order chi connectivity index (χ0) is 2.71. The summed E-state index contributed by atoms with van der Waals surface area (Å²) < 4.78 is 0. The van der Waals surface area contributed by atoms with Gasteiger partial charge in [-0.2, -0.15) is 6.92 Å². The van der Waals surface area contributed by atoms with Crippen LogP contribution in [-0.2, 0) is 0 Å². The summed E-state index contributed by atoms with van der Waals surface area (Å²) in [5, 5.41) is 0. The molecule has 0 unspecified atom stereocenters. The van der Waals surface area contributed by atoms with E-state index in [1.54, 1.807) is 6.92 Å². The smallest absolute Gasteiger partial charge is 0.507 e. The van der Waals surface area contributed by atoms with Crippen molar-refractivity contribution in [2.24, 2.45) is 0 Å². The van der Waals surface area contributed by atoms with E-state index < -0.39 is 0 Å². The van der Waals surface area contributed by atoms with E-state index in [0.717, 1.165) is 0 Å². The minimum Gasteiger partial charge on any atom is -0.507 e. The topological polar surface area (TPSA) is 0 Å². The van der Waals surface area contributed by atoms with Crippen LogP contribution in [0.3, 0.4) is 0 Å². The molecule has 0 aliphatic heterocycles. The van der Waals surface area contributed by atoms with Gasteiger partial charge >= 0.3 is 29.6 Å². The molecule has 0 bridgehead atoms. The molecule has 18 valence electrons. The summed E-state index contributed by atoms with van der Waals surface area (Å²) in [4.78, 5) is 0. The molecule has 0 atom stereocenters. The number of rotatable bonds is 0. The Labute approximate surface area is 49.2 Å². The third-order valence-electron chi connectivity index (χ3n) is 0. The van der Waals surface area contributed by atoms with Crippen LogP contribution in [-0.4, -0.2) is 0 Å². The summed E-state index contributed by atoms with van der Waals surface area (Å²) in [5.41, 5.74) is 0. The molecule has 0 nitrogen and oxygen atoms in total. The van der Waals surface area contributed by atoms with E-state index in [0.29, 0.717) is 0 Å². The molecule has 1 heteroatoms. The van der Waals surface area contributed by atoms with Gasteiger partial charge in [0.2, 0.25) is 0 Å². The molecule has 0 radical (unpaired) electrons. The Morgan fingerprint density at radius 1 is 1.75 bits per heavy atom. The average molecular weight is 64.1 g/mol. The Morgan fingerprint density at radius 3 is 1.75 bits per heavy atom. The van der Waals surface area contributed by atoms with E-state index >= 15 is 0 Å². The maximum absolute atomic E-state index is 3.24. The van der Waals surface area contributed by atoms with Gasteiger partial charge in [-0.25, -0.2) is 0 Å². The summed E-state index contributed by atoms with van der Waals surface area (Å²) in [6.07, 6.45) is 2.50. The van der Waals surface area contributed by atoms with E-state index in [4.69, 9.17) is 0 Å². The molecule has 0 aromatic rings. The van der Waals surface area contributed by atoms with Gasteiger partial charge in [-0.05, 0) is 0 Å². The van der Waals surface area contributed by atoms with Gasteiger partial charge in [-0.3, -0.25) is 6.58 Å². The van der Waals surface area contributed by atoms with Crippen molar-refractivity contribution < 1.29 is 29.6 Å². The fraction of sp³-hybridized carbons (Fsp3) is 0.333. The zero-order valence-corrected chi connectivity index (χ0v) is 5.21. The van der Waals surface area contributed by atoms with E-state index in [1.807, 2.05) is 0 Å². The monoisotopic (exact) mass is 64.0 g/mol.